The number of halogens is 1. The lowest BCUT2D eigenvalue weighted by atomic mass is 9.92. The zero-order valence-electron chi connectivity index (χ0n) is 10.9. The molecule has 0 aliphatic heterocycles. The lowest BCUT2D eigenvalue weighted by Crippen LogP contribution is -2.41. The van der Waals surface area contributed by atoms with Gasteiger partial charge in [0.15, 0.2) is 0 Å². The smallest absolute Gasteiger partial charge is 0.269 e. The van der Waals surface area contributed by atoms with Crippen LogP contribution in [0.15, 0.2) is 24.3 Å². The van der Waals surface area contributed by atoms with Crippen LogP contribution < -0.4 is 11.1 Å². The summed E-state index contributed by atoms with van der Waals surface area (Å²) in [4.78, 5) is 21.8. The van der Waals surface area contributed by atoms with E-state index in [1.165, 1.54) is 12.1 Å². The Labute approximate surface area is 117 Å². The maximum Gasteiger partial charge on any atom is 0.269 e. The van der Waals surface area contributed by atoms with Gasteiger partial charge in [-0.2, -0.15) is 0 Å². The normalized spacial score (nSPS) is 10.5. The van der Waals surface area contributed by atoms with Crippen LogP contribution in [0.3, 0.4) is 0 Å². The Kier molecular flexibility index (Phi) is 6.44. The third-order valence-corrected chi connectivity index (χ3v) is 2.73. The molecule has 0 aliphatic carbocycles. The van der Waals surface area contributed by atoms with Crippen LogP contribution in [0.2, 0.25) is 0 Å². The molecule has 0 atom stereocenters. The van der Waals surface area contributed by atoms with Crippen molar-refractivity contribution in [2.75, 3.05) is 6.54 Å². The number of hydrogen-bond donors (Lipinski definition) is 2. The Hall–Kier alpha value is -1.66. The molecule has 0 bridgehead atoms. The van der Waals surface area contributed by atoms with Crippen LogP contribution in [0.1, 0.15) is 19.4 Å². The molecule has 1 amide bonds. The molecular weight excluding hydrogens is 270 g/mol. The third-order valence-electron chi connectivity index (χ3n) is 2.73. The highest BCUT2D eigenvalue weighted by Crippen LogP contribution is 2.14. The zero-order valence-corrected chi connectivity index (χ0v) is 11.7. The monoisotopic (exact) mass is 287 g/mol. The molecule has 106 valence electrons. The number of carbonyl (C=O) groups excluding carboxylic acids is 1. The maximum absolute atomic E-state index is 11.7. The van der Waals surface area contributed by atoms with Gasteiger partial charge in [0.05, 0.1) is 10.3 Å². The van der Waals surface area contributed by atoms with Gasteiger partial charge in [0.2, 0.25) is 5.91 Å². The summed E-state index contributed by atoms with van der Waals surface area (Å²) in [6, 6.07) is 6.06. The zero-order chi connectivity index (χ0) is 13.8. The van der Waals surface area contributed by atoms with Gasteiger partial charge in [-0.25, -0.2) is 0 Å². The molecule has 3 N–H and O–H groups in total. The van der Waals surface area contributed by atoms with E-state index in [1.54, 1.807) is 26.0 Å². The number of nitro benzene ring substituents is 1. The van der Waals surface area contributed by atoms with Crippen LogP contribution in [0.4, 0.5) is 5.69 Å². The van der Waals surface area contributed by atoms with E-state index in [9.17, 15) is 14.9 Å². The van der Waals surface area contributed by atoms with Crippen molar-refractivity contribution < 1.29 is 9.72 Å². The van der Waals surface area contributed by atoms with E-state index >= 15 is 0 Å². The van der Waals surface area contributed by atoms with Gasteiger partial charge in [-0.3, -0.25) is 14.9 Å². The molecule has 1 aromatic carbocycles. The fourth-order valence-corrected chi connectivity index (χ4v) is 1.25. The number of benzene rings is 1. The molecule has 19 heavy (non-hydrogen) atoms. The molecule has 0 radical (unpaired) electrons. The van der Waals surface area contributed by atoms with Crippen LogP contribution in [-0.4, -0.2) is 17.4 Å². The number of nitrogens with one attached hydrogen (secondary N) is 1. The topological polar surface area (TPSA) is 98.3 Å². The van der Waals surface area contributed by atoms with Crippen molar-refractivity contribution >= 4 is 24.0 Å². The number of nitrogens with two attached hydrogens (primary N) is 1. The molecule has 0 aliphatic rings. The quantitative estimate of drug-likeness (QED) is 0.635. The molecule has 1 aromatic rings. The highest BCUT2D eigenvalue weighted by molar-refractivity contribution is 5.85. The number of nitrogens with zero attached hydrogens (tertiary/aromatic N) is 1. The summed E-state index contributed by atoms with van der Waals surface area (Å²) in [7, 11) is 0. The van der Waals surface area contributed by atoms with E-state index in [2.05, 4.69) is 5.32 Å². The predicted molar refractivity (Wildman–Crippen MR) is 75.0 cm³/mol. The van der Waals surface area contributed by atoms with Gasteiger partial charge in [0.1, 0.15) is 0 Å². The SMILES string of the molecule is CC(C)(CN)C(=O)NCc1ccc([N+](=O)[O-])cc1.Cl. The number of carbonyl (C=O) groups is 1. The van der Waals surface area contributed by atoms with Gasteiger partial charge in [0.25, 0.3) is 5.69 Å². The Bertz CT molecular complexity index is 446. The van der Waals surface area contributed by atoms with E-state index in [0.29, 0.717) is 6.54 Å². The van der Waals surface area contributed by atoms with Crippen molar-refractivity contribution in [2.45, 2.75) is 20.4 Å². The Morgan fingerprint density at radius 3 is 2.32 bits per heavy atom. The van der Waals surface area contributed by atoms with Crippen molar-refractivity contribution in [1.82, 2.24) is 5.32 Å². The van der Waals surface area contributed by atoms with Gasteiger partial charge in [-0.05, 0) is 19.4 Å². The fraction of sp³-hybridized carbons (Fsp3) is 0.417. The minimum absolute atomic E-state index is 0. The second kappa shape index (κ2) is 7.06. The van der Waals surface area contributed by atoms with Gasteiger partial charge in [-0.1, -0.05) is 12.1 Å². The van der Waals surface area contributed by atoms with Crippen LogP contribution >= 0.6 is 12.4 Å². The van der Waals surface area contributed by atoms with E-state index in [-0.39, 0.29) is 30.5 Å². The average molecular weight is 288 g/mol. The Morgan fingerprint density at radius 1 is 1.37 bits per heavy atom. The largest absolute Gasteiger partial charge is 0.352 e. The van der Waals surface area contributed by atoms with Crippen molar-refractivity contribution in [3.05, 3.63) is 39.9 Å². The van der Waals surface area contributed by atoms with E-state index in [4.69, 9.17) is 5.73 Å². The average Bonchev–Trinajstić information content (AvgIpc) is 2.36. The summed E-state index contributed by atoms with van der Waals surface area (Å²) in [6.45, 7) is 4.12. The predicted octanol–water partition coefficient (Wildman–Crippen LogP) is 1.62. The molecule has 0 saturated heterocycles. The van der Waals surface area contributed by atoms with Crippen LogP contribution in [0.5, 0.6) is 0 Å². The van der Waals surface area contributed by atoms with E-state index in [1.807, 2.05) is 0 Å². The second-order valence-electron chi connectivity index (χ2n) is 4.69. The summed E-state index contributed by atoms with van der Waals surface area (Å²) in [5.41, 5.74) is 5.72. The van der Waals surface area contributed by atoms with Gasteiger partial charge < -0.3 is 11.1 Å². The number of non-ortho nitro benzene ring substituents is 1. The van der Waals surface area contributed by atoms with Crippen LogP contribution in [-0.2, 0) is 11.3 Å². The van der Waals surface area contributed by atoms with Gasteiger partial charge in [-0.15, -0.1) is 12.4 Å². The Balaban J connectivity index is 0.00000324. The molecule has 0 aromatic heterocycles. The van der Waals surface area contributed by atoms with Crippen molar-refractivity contribution in [3.8, 4) is 0 Å². The summed E-state index contributed by atoms with van der Waals surface area (Å²) in [5, 5.41) is 13.2. The number of nitro groups is 1. The first-order chi connectivity index (χ1) is 8.36. The number of rotatable bonds is 5. The molecule has 7 heteroatoms. The molecule has 0 saturated carbocycles. The lowest BCUT2D eigenvalue weighted by Gasteiger charge is -2.21. The van der Waals surface area contributed by atoms with Gasteiger partial charge >= 0.3 is 0 Å². The first-order valence-electron chi connectivity index (χ1n) is 5.58. The molecule has 0 heterocycles. The first kappa shape index (κ1) is 17.3. The van der Waals surface area contributed by atoms with E-state index < -0.39 is 10.3 Å². The molecule has 0 spiro atoms. The highest BCUT2D eigenvalue weighted by atomic mass is 35.5. The maximum atomic E-state index is 11.7. The summed E-state index contributed by atoms with van der Waals surface area (Å²) in [6.07, 6.45) is 0. The van der Waals surface area contributed by atoms with Crippen LogP contribution in [0.25, 0.3) is 0 Å². The summed E-state index contributed by atoms with van der Waals surface area (Å²) >= 11 is 0. The van der Waals surface area contributed by atoms with E-state index in [0.717, 1.165) is 5.56 Å². The van der Waals surface area contributed by atoms with Crippen LogP contribution in [0, 0.1) is 15.5 Å². The number of hydrogen-bond acceptors (Lipinski definition) is 4. The second-order valence-corrected chi connectivity index (χ2v) is 4.69. The molecular formula is C12H18ClN3O3. The number of amides is 1. The Morgan fingerprint density at radius 2 is 1.89 bits per heavy atom. The minimum Gasteiger partial charge on any atom is -0.352 e. The molecule has 0 fully saturated rings. The van der Waals surface area contributed by atoms with Gasteiger partial charge in [0, 0.05) is 25.2 Å². The molecule has 1 rings (SSSR count). The summed E-state index contributed by atoms with van der Waals surface area (Å²) < 4.78 is 0. The lowest BCUT2D eigenvalue weighted by molar-refractivity contribution is -0.384. The first-order valence-corrected chi connectivity index (χ1v) is 5.58. The fourth-order valence-electron chi connectivity index (χ4n) is 1.25. The summed E-state index contributed by atoms with van der Waals surface area (Å²) in [5.74, 6) is -0.136. The molecule has 0 unspecified atom stereocenters. The third kappa shape index (κ3) is 4.84. The molecule has 6 nitrogen and oxygen atoms in total. The minimum atomic E-state index is -0.610. The van der Waals surface area contributed by atoms with Crippen molar-refractivity contribution in [1.29, 1.82) is 0 Å². The van der Waals surface area contributed by atoms with Crippen molar-refractivity contribution in [2.24, 2.45) is 11.1 Å². The van der Waals surface area contributed by atoms with Crippen molar-refractivity contribution in [3.63, 3.8) is 0 Å². The highest BCUT2D eigenvalue weighted by Gasteiger charge is 2.25. The standard InChI is InChI=1S/C12H17N3O3.ClH/c1-12(2,8-13)11(16)14-7-9-3-5-10(6-4-9)15(17)18;/h3-6H,7-8,13H2,1-2H3,(H,14,16);1H.